The van der Waals surface area contributed by atoms with Crippen molar-refractivity contribution in [2.75, 3.05) is 18.8 Å². The fourth-order valence-corrected chi connectivity index (χ4v) is 4.11. The summed E-state index contributed by atoms with van der Waals surface area (Å²) in [6.45, 7) is 4.11. The highest BCUT2D eigenvalue weighted by Gasteiger charge is 2.31. The van der Waals surface area contributed by atoms with Crippen LogP contribution in [0.3, 0.4) is 0 Å². The molecular formula is C12H20BrNOS. The molecule has 2 aliphatic heterocycles. The number of carbonyl (C=O) groups excluding carboxylic acids is 1. The van der Waals surface area contributed by atoms with Crippen molar-refractivity contribution in [1.82, 2.24) is 4.90 Å². The van der Waals surface area contributed by atoms with E-state index in [1.165, 1.54) is 18.6 Å². The van der Waals surface area contributed by atoms with E-state index in [0.29, 0.717) is 16.7 Å². The molecule has 2 rings (SSSR count). The van der Waals surface area contributed by atoms with Crippen molar-refractivity contribution in [1.29, 1.82) is 0 Å². The van der Waals surface area contributed by atoms with Gasteiger partial charge >= 0.3 is 0 Å². The molecule has 2 heterocycles. The highest BCUT2D eigenvalue weighted by atomic mass is 79.9. The van der Waals surface area contributed by atoms with Gasteiger partial charge < -0.3 is 4.90 Å². The van der Waals surface area contributed by atoms with Crippen LogP contribution in [0, 0.1) is 5.92 Å². The third kappa shape index (κ3) is 2.95. The SMILES string of the molecule is CC1CN(C(=O)C2CCCCS2)CCC1Br. The van der Waals surface area contributed by atoms with Crippen LogP contribution in [0.4, 0.5) is 0 Å². The maximum atomic E-state index is 12.3. The second kappa shape index (κ2) is 5.76. The first-order valence-corrected chi connectivity index (χ1v) is 8.19. The number of carbonyl (C=O) groups is 1. The second-order valence-corrected chi connectivity index (χ2v) is 7.41. The summed E-state index contributed by atoms with van der Waals surface area (Å²) in [5.41, 5.74) is 0. The monoisotopic (exact) mass is 305 g/mol. The number of alkyl halides is 1. The predicted octanol–water partition coefficient (Wildman–Crippen LogP) is 2.90. The Kier molecular flexibility index (Phi) is 4.59. The van der Waals surface area contributed by atoms with Gasteiger partial charge in [0.2, 0.25) is 5.91 Å². The molecule has 0 aromatic heterocycles. The molecule has 3 atom stereocenters. The summed E-state index contributed by atoms with van der Waals surface area (Å²) in [6, 6.07) is 0. The highest BCUT2D eigenvalue weighted by molar-refractivity contribution is 9.09. The quantitative estimate of drug-likeness (QED) is 0.694. The van der Waals surface area contributed by atoms with Gasteiger partial charge in [-0.15, -0.1) is 11.8 Å². The lowest BCUT2D eigenvalue weighted by Gasteiger charge is -2.36. The minimum atomic E-state index is 0.257. The summed E-state index contributed by atoms with van der Waals surface area (Å²) in [6.07, 6.45) is 4.71. The molecule has 0 aromatic rings. The number of likely N-dealkylation sites (tertiary alicyclic amines) is 1. The number of piperidine rings is 1. The standard InChI is InChI=1S/C12H20BrNOS/c1-9-8-14(6-5-10(9)13)12(15)11-4-2-3-7-16-11/h9-11H,2-8H2,1H3. The Balaban J connectivity index is 1.89. The first-order valence-electron chi connectivity index (χ1n) is 6.23. The minimum Gasteiger partial charge on any atom is -0.341 e. The number of halogens is 1. The molecule has 2 fully saturated rings. The number of rotatable bonds is 1. The van der Waals surface area contributed by atoms with Gasteiger partial charge in [0, 0.05) is 17.9 Å². The average molecular weight is 306 g/mol. The van der Waals surface area contributed by atoms with E-state index in [1.54, 1.807) is 0 Å². The zero-order valence-corrected chi connectivity index (χ0v) is 12.2. The summed E-state index contributed by atoms with van der Waals surface area (Å²) in [7, 11) is 0. The van der Waals surface area contributed by atoms with Crippen molar-refractivity contribution in [2.45, 2.75) is 42.7 Å². The van der Waals surface area contributed by atoms with Crippen molar-refractivity contribution in [3.8, 4) is 0 Å². The molecule has 2 aliphatic rings. The van der Waals surface area contributed by atoms with Gasteiger partial charge in [-0.2, -0.15) is 0 Å². The fourth-order valence-electron chi connectivity index (χ4n) is 2.46. The van der Waals surface area contributed by atoms with E-state index in [2.05, 4.69) is 27.8 Å². The Labute approximate surface area is 111 Å². The Morgan fingerprint density at radius 3 is 2.81 bits per heavy atom. The highest BCUT2D eigenvalue weighted by Crippen LogP contribution is 2.29. The van der Waals surface area contributed by atoms with E-state index in [0.717, 1.165) is 25.9 Å². The van der Waals surface area contributed by atoms with Crippen LogP contribution in [0.15, 0.2) is 0 Å². The molecule has 2 nitrogen and oxygen atoms in total. The fraction of sp³-hybridized carbons (Fsp3) is 0.917. The van der Waals surface area contributed by atoms with Crippen LogP contribution in [0.5, 0.6) is 0 Å². The van der Waals surface area contributed by atoms with E-state index < -0.39 is 0 Å². The van der Waals surface area contributed by atoms with Gasteiger partial charge in [-0.3, -0.25) is 4.79 Å². The average Bonchev–Trinajstić information content (AvgIpc) is 2.33. The molecule has 0 saturated carbocycles. The largest absolute Gasteiger partial charge is 0.341 e. The van der Waals surface area contributed by atoms with Crippen LogP contribution in [0.2, 0.25) is 0 Å². The molecular weight excluding hydrogens is 286 g/mol. The number of hydrogen-bond acceptors (Lipinski definition) is 2. The topological polar surface area (TPSA) is 20.3 Å². The van der Waals surface area contributed by atoms with Gasteiger partial charge in [-0.25, -0.2) is 0 Å². The molecule has 0 radical (unpaired) electrons. The minimum absolute atomic E-state index is 0.257. The van der Waals surface area contributed by atoms with E-state index in [4.69, 9.17) is 0 Å². The van der Waals surface area contributed by atoms with Gasteiger partial charge in [0.15, 0.2) is 0 Å². The van der Waals surface area contributed by atoms with Gasteiger partial charge in [0.1, 0.15) is 0 Å². The lowest BCUT2D eigenvalue weighted by molar-refractivity contribution is -0.132. The van der Waals surface area contributed by atoms with Crippen molar-refractivity contribution >= 4 is 33.6 Å². The Hall–Kier alpha value is 0.300. The third-order valence-corrected chi connectivity index (χ3v) is 6.29. The van der Waals surface area contributed by atoms with Crippen LogP contribution in [-0.4, -0.2) is 39.7 Å². The molecule has 16 heavy (non-hydrogen) atoms. The number of hydrogen-bond donors (Lipinski definition) is 0. The normalized spacial score (nSPS) is 36.1. The number of nitrogens with zero attached hydrogens (tertiary/aromatic N) is 1. The summed E-state index contributed by atoms with van der Waals surface area (Å²) in [4.78, 5) is 15.0. The molecule has 0 bridgehead atoms. The molecule has 0 N–H and O–H groups in total. The molecule has 0 aliphatic carbocycles. The van der Waals surface area contributed by atoms with Crippen molar-refractivity contribution in [3.63, 3.8) is 0 Å². The molecule has 0 aromatic carbocycles. The summed E-state index contributed by atoms with van der Waals surface area (Å²) in [5.74, 6) is 2.16. The van der Waals surface area contributed by atoms with E-state index >= 15 is 0 Å². The lowest BCUT2D eigenvalue weighted by Crippen LogP contribution is -2.47. The summed E-state index contributed by atoms with van der Waals surface area (Å²) >= 11 is 5.55. The summed E-state index contributed by atoms with van der Waals surface area (Å²) < 4.78 is 0. The molecule has 92 valence electrons. The maximum Gasteiger partial charge on any atom is 0.235 e. The first kappa shape index (κ1) is 12.7. The lowest BCUT2D eigenvalue weighted by atomic mass is 9.99. The summed E-state index contributed by atoms with van der Waals surface area (Å²) in [5, 5.41) is 0.257. The van der Waals surface area contributed by atoms with E-state index in [-0.39, 0.29) is 5.25 Å². The zero-order chi connectivity index (χ0) is 11.5. The van der Waals surface area contributed by atoms with E-state index in [1.807, 2.05) is 11.8 Å². The Morgan fingerprint density at radius 2 is 2.19 bits per heavy atom. The molecule has 2 saturated heterocycles. The van der Waals surface area contributed by atoms with Gasteiger partial charge in [-0.1, -0.05) is 29.3 Å². The van der Waals surface area contributed by atoms with Gasteiger partial charge in [0.25, 0.3) is 0 Å². The first-order chi connectivity index (χ1) is 7.68. The number of amides is 1. The van der Waals surface area contributed by atoms with Crippen LogP contribution in [0.1, 0.15) is 32.6 Å². The smallest absolute Gasteiger partial charge is 0.235 e. The zero-order valence-electron chi connectivity index (χ0n) is 9.82. The Morgan fingerprint density at radius 1 is 1.38 bits per heavy atom. The van der Waals surface area contributed by atoms with Gasteiger partial charge in [0.05, 0.1) is 5.25 Å². The number of thioether (sulfide) groups is 1. The van der Waals surface area contributed by atoms with Crippen molar-refractivity contribution in [3.05, 3.63) is 0 Å². The Bertz CT molecular complexity index is 255. The third-order valence-electron chi connectivity index (χ3n) is 3.57. The molecule has 4 heteroatoms. The molecule has 1 amide bonds. The van der Waals surface area contributed by atoms with Crippen molar-refractivity contribution in [2.24, 2.45) is 5.92 Å². The van der Waals surface area contributed by atoms with Crippen molar-refractivity contribution < 1.29 is 4.79 Å². The predicted molar refractivity (Wildman–Crippen MR) is 73.2 cm³/mol. The van der Waals surface area contributed by atoms with Crippen LogP contribution < -0.4 is 0 Å². The van der Waals surface area contributed by atoms with Crippen LogP contribution >= 0.6 is 27.7 Å². The van der Waals surface area contributed by atoms with E-state index in [9.17, 15) is 4.79 Å². The van der Waals surface area contributed by atoms with Crippen LogP contribution in [-0.2, 0) is 4.79 Å². The van der Waals surface area contributed by atoms with Gasteiger partial charge in [-0.05, 0) is 30.9 Å². The van der Waals surface area contributed by atoms with Crippen LogP contribution in [0.25, 0.3) is 0 Å². The molecule has 0 spiro atoms. The maximum absolute atomic E-state index is 12.3. The molecule has 3 unspecified atom stereocenters. The second-order valence-electron chi connectivity index (χ2n) is 4.92.